The molecule has 4 aromatic rings. The summed E-state index contributed by atoms with van der Waals surface area (Å²) in [5.41, 5.74) is 4.91. The number of aromatic hydroxyl groups is 1. The first-order valence-electron chi connectivity index (χ1n) is 9.34. The van der Waals surface area contributed by atoms with E-state index < -0.39 is 0 Å². The third kappa shape index (κ3) is 3.95. The van der Waals surface area contributed by atoms with Crippen LogP contribution in [-0.4, -0.2) is 41.2 Å². The Labute approximate surface area is 182 Å². The van der Waals surface area contributed by atoms with Crippen LogP contribution in [0.4, 0.5) is 0 Å². The fourth-order valence-electron chi connectivity index (χ4n) is 3.11. The van der Waals surface area contributed by atoms with Crippen LogP contribution >= 0.6 is 11.3 Å². The number of carbonyl (C=O) groups excluding carboxylic acids is 1. The average Bonchev–Trinajstić information content (AvgIpc) is 3.36. The number of nitrogens with one attached hydrogen (secondary N) is 1. The van der Waals surface area contributed by atoms with Crippen LogP contribution in [0.3, 0.4) is 0 Å². The summed E-state index contributed by atoms with van der Waals surface area (Å²) in [7, 11) is 2.88. The van der Waals surface area contributed by atoms with Gasteiger partial charge in [0.2, 0.25) is 5.75 Å². The molecule has 4 rings (SSSR count). The van der Waals surface area contributed by atoms with E-state index in [1.54, 1.807) is 12.1 Å². The van der Waals surface area contributed by atoms with Gasteiger partial charge in [-0.05, 0) is 37.3 Å². The molecule has 2 aromatic carbocycles. The minimum absolute atomic E-state index is 0.0979. The number of thiophene rings is 1. The zero-order chi connectivity index (χ0) is 22.0. The number of rotatable bonds is 6. The predicted octanol–water partition coefficient (Wildman–Crippen LogP) is 3.88. The molecule has 0 saturated heterocycles. The first-order valence-corrected chi connectivity index (χ1v) is 10.2. The normalized spacial score (nSPS) is 11.2. The Bertz CT molecular complexity index is 1250. The molecule has 0 saturated carbocycles. The number of fused-ring (bicyclic) bond motifs is 1. The van der Waals surface area contributed by atoms with Crippen molar-refractivity contribution in [2.45, 2.75) is 6.92 Å². The number of para-hydroxylation sites is 1. The van der Waals surface area contributed by atoms with Crippen molar-refractivity contribution < 1.29 is 19.4 Å². The first-order chi connectivity index (χ1) is 15.0. The first kappa shape index (κ1) is 20.4. The number of hydrogen-bond acceptors (Lipinski definition) is 7. The number of hydrogen-bond donors (Lipinski definition) is 2. The molecule has 0 aliphatic rings. The van der Waals surface area contributed by atoms with Gasteiger partial charge in [0.15, 0.2) is 11.5 Å². The number of hydrazone groups is 1. The number of phenolic OH excluding ortho intramolecular Hbond substituents is 1. The van der Waals surface area contributed by atoms with Crippen molar-refractivity contribution in [3.8, 4) is 22.9 Å². The third-order valence-electron chi connectivity index (χ3n) is 4.65. The number of amides is 1. The maximum atomic E-state index is 12.6. The summed E-state index contributed by atoms with van der Waals surface area (Å²) in [6, 6.07) is 14.8. The van der Waals surface area contributed by atoms with E-state index in [9.17, 15) is 9.90 Å². The SMILES string of the molecule is COc1cc(/C=N/NC(=O)c2cc3c(C)nn(-c4ccccc4)c3s2)cc(OC)c1O. The highest BCUT2D eigenvalue weighted by Crippen LogP contribution is 2.36. The van der Waals surface area contributed by atoms with Crippen LogP contribution < -0.4 is 14.9 Å². The molecule has 31 heavy (non-hydrogen) atoms. The Morgan fingerprint density at radius 2 is 1.84 bits per heavy atom. The molecule has 2 heterocycles. The van der Waals surface area contributed by atoms with Gasteiger partial charge in [0, 0.05) is 10.9 Å². The monoisotopic (exact) mass is 436 g/mol. The number of methoxy groups -OCH3 is 2. The maximum Gasteiger partial charge on any atom is 0.281 e. The van der Waals surface area contributed by atoms with Gasteiger partial charge in [-0.25, -0.2) is 10.1 Å². The highest BCUT2D eigenvalue weighted by molar-refractivity contribution is 7.20. The van der Waals surface area contributed by atoms with Gasteiger partial charge in [0.1, 0.15) is 4.83 Å². The molecule has 0 radical (unpaired) electrons. The van der Waals surface area contributed by atoms with Crippen molar-refractivity contribution in [3.63, 3.8) is 0 Å². The quantitative estimate of drug-likeness (QED) is 0.353. The third-order valence-corrected chi connectivity index (χ3v) is 5.76. The molecule has 0 spiro atoms. The number of benzene rings is 2. The minimum Gasteiger partial charge on any atom is -0.502 e. The lowest BCUT2D eigenvalue weighted by Crippen LogP contribution is -2.16. The fourth-order valence-corrected chi connectivity index (χ4v) is 4.18. The van der Waals surface area contributed by atoms with Crippen LogP contribution in [0.15, 0.2) is 53.6 Å². The summed E-state index contributed by atoms with van der Waals surface area (Å²) < 4.78 is 12.1. The van der Waals surface area contributed by atoms with Gasteiger partial charge < -0.3 is 14.6 Å². The summed E-state index contributed by atoms with van der Waals surface area (Å²) >= 11 is 1.35. The summed E-state index contributed by atoms with van der Waals surface area (Å²) in [6.07, 6.45) is 1.45. The molecule has 158 valence electrons. The lowest BCUT2D eigenvalue weighted by molar-refractivity contribution is 0.0959. The van der Waals surface area contributed by atoms with Gasteiger partial charge >= 0.3 is 0 Å². The summed E-state index contributed by atoms with van der Waals surface area (Å²) in [5, 5.41) is 19.5. The second-order valence-corrected chi connectivity index (χ2v) is 7.67. The smallest absolute Gasteiger partial charge is 0.281 e. The van der Waals surface area contributed by atoms with Crippen LogP contribution in [0.5, 0.6) is 17.2 Å². The van der Waals surface area contributed by atoms with E-state index in [1.807, 2.05) is 48.0 Å². The van der Waals surface area contributed by atoms with Crippen molar-refractivity contribution in [3.05, 3.63) is 64.7 Å². The topological polar surface area (TPSA) is 98.0 Å². The van der Waals surface area contributed by atoms with Gasteiger partial charge in [-0.2, -0.15) is 10.2 Å². The van der Waals surface area contributed by atoms with Gasteiger partial charge in [0.05, 0.1) is 36.7 Å². The average molecular weight is 436 g/mol. The van der Waals surface area contributed by atoms with Crippen molar-refractivity contribution in [1.29, 1.82) is 0 Å². The molecular formula is C22H20N4O4S. The number of aromatic nitrogens is 2. The fraction of sp³-hybridized carbons (Fsp3) is 0.136. The number of carbonyl (C=O) groups is 1. The number of aryl methyl sites for hydroxylation is 1. The second-order valence-electron chi connectivity index (χ2n) is 6.64. The van der Waals surface area contributed by atoms with E-state index >= 15 is 0 Å². The number of ether oxygens (including phenoxy) is 2. The molecule has 9 heteroatoms. The minimum atomic E-state index is -0.325. The van der Waals surface area contributed by atoms with Gasteiger partial charge in [0.25, 0.3) is 5.91 Å². The van der Waals surface area contributed by atoms with Crippen LogP contribution in [-0.2, 0) is 0 Å². The largest absolute Gasteiger partial charge is 0.502 e. The van der Waals surface area contributed by atoms with E-state index in [-0.39, 0.29) is 23.2 Å². The highest BCUT2D eigenvalue weighted by Gasteiger charge is 2.17. The van der Waals surface area contributed by atoms with Crippen molar-refractivity contribution >= 4 is 33.7 Å². The summed E-state index contributed by atoms with van der Waals surface area (Å²) in [4.78, 5) is 14.0. The molecule has 1 amide bonds. The Balaban J connectivity index is 1.56. The molecule has 0 bridgehead atoms. The Morgan fingerprint density at radius 3 is 2.48 bits per heavy atom. The number of phenols is 1. The van der Waals surface area contributed by atoms with Crippen LogP contribution in [0, 0.1) is 6.92 Å². The highest BCUT2D eigenvalue weighted by atomic mass is 32.1. The van der Waals surface area contributed by atoms with Gasteiger partial charge in [-0.3, -0.25) is 4.79 Å². The van der Waals surface area contributed by atoms with E-state index in [0.29, 0.717) is 10.4 Å². The molecule has 8 nitrogen and oxygen atoms in total. The molecular weight excluding hydrogens is 416 g/mol. The molecule has 0 atom stereocenters. The summed E-state index contributed by atoms with van der Waals surface area (Å²) in [5.74, 6) is 0.0728. The van der Waals surface area contributed by atoms with Crippen molar-refractivity contribution in [2.75, 3.05) is 14.2 Å². The van der Waals surface area contributed by atoms with E-state index in [1.165, 1.54) is 31.8 Å². The molecule has 0 fully saturated rings. The zero-order valence-electron chi connectivity index (χ0n) is 17.1. The van der Waals surface area contributed by atoms with Crippen molar-refractivity contribution in [1.82, 2.24) is 15.2 Å². The predicted molar refractivity (Wildman–Crippen MR) is 120 cm³/mol. The van der Waals surface area contributed by atoms with Crippen LogP contribution in [0.2, 0.25) is 0 Å². The standard InChI is InChI=1S/C22H20N4O4S/c1-13-16-11-19(31-22(16)26(25-13)15-7-5-4-6-8-15)21(28)24-23-12-14-9-17(29-2)20(27)18(10-14)30-3/h4-12,27H,1-3H3,(H,24,28)/b23-12+. The summed E-state index contributed by atoms with van der Waals surface area (Å²) in [6.45, 7) is 1.92. The van der Waals surface area contributed by atoms with E-state index in [2.05, 4.69) is 15.6 Å². The Morgan fingerprint density at radius 1 is 1.16 bits per heavy atom. The van der Waals surface area contributed by atoms with Crippen LogP contribution in [0.25, 0.3) is 15.9 Å². The lowest BCUT2D eigenvalue weighted by Gasteiger charge is -2.09. The lowest BCUT2D eigenvalue weighted by atomic mass is 10.2. The zero-order valence-corrected chi connectivity index (χ0v) is 17.9. The second kappa shape index (κ2) is 8.49. The molecule has 0 aliphatic heterocycles. The van der Waals surface area contributed by atoms with E-state index in [4.69, 9.17) is 9.47 Å². The Kier molecular flexibility index (Phi) is 5.59. The van der Waals surface area contributed by atoms with Gasteiger partial charge in [-0.1, -0.05) is 18.2 Å². The Hall–Kier alpha value is -3.85. The van der Waals surface area contributed by atoms with E-state index in [0.717, 1.165) is 21.6 Å². The molecule has 0 unspecified atom stereocenters. The van der Waals surface area contributed by atoms with Gasteiger partial charge in [-0.15, -0.1) is 11.3 Å². The van der Waals surface area contributed by atoms with Crippen LogP contribution in [0.1, 0.15) is 20.9 Å². The molecule has 2 N–H and O–H groups in total. The maximum absolute atomic E-state index is 12.6. The number of nitrogens with zero attached hydrogens (tertiary/aromatic N) is 3. The molecule has 0 aliphatic carbocycles. The molecule has 2 aromatic heterocycles. The van der Waals surface area contributed by atoms with Crippen molar-refractivity contribution in [2.24, 2.45) is 5.10 Å².